The summed E-state index contributed by atoms with van der Waals surface area (Å²) in [5.41, 5.74) is 8.65. The molecule has 0 aliphatic heterocycles. The average Bonchev–Trinajstić information content (AvgIpc) is 2.83. The zero-order valence-electron chi connectivity index (χ0n) is 10.9. The quantitative estimate of drug-likeness (QED) is 0.708. The SMILES string of the molecule is Cc1ccc(N)cc1C(=O)Nc1nc2ccccc2s1. The number of para-hydroxylation sites is 1. The third-order valence-corrected chi connectivity index (χ3v) is 3.97. The first-order valence-electron chi connectivity index (χ1n) is 6.16. The summed E-state index contributed by atoms with van der Waals surface area (Å²) in [6.45, 7) is 1.88. The van der Waals surface area contributed by atoms with Crippen molar-refractivity contribution in [2.75, 3.05) is 11.1 Å². The molecule has 1 aromatic heterocycles. The smallest absolute Gasteiger partial charge is 0.257 e. The molecule has 2 aromatic carbocycles. The van der Waals surface area contributed by atoms with Gasteiger partial charge in [-0.2, -0.15) is 0 Å². The van der Waals surface area contributed by atoms with Gasteiger partial charge in [0.15, 0.2) is 5.13 Å². The molecule has 3 rings (SSSR count). The summed E-state index contributed by atoms with van der Waals surface area (Å²) in [7, 11) is 0. The van der Waals surface area contributed by atoms with Crippen molar-refractivity contribution in [1.82, 2.24) is 4.98 Å². The zero-order valence-corrected chi connectivity index (χ0v) is 11.7. The van der Waals surface area contributed by atoms with Crippen LogP contribution in [0.2, 0.25) is 0 Å². The molecule has 4 nitrogen and oxygen atoms in total. The maximum absolute atomic E-state index is 12.3. The number of anilines is 2. The first-order valence-corrected chi connectivity index (χ1v) is 6.98. The maximum Gasteiger partial charge on any atom is 0.257 e. The van der Waals surface area contributed by atoms with Crippen molar-refractivity contribution in [2.45, 2.75) is 6.92 Å². The first-order chi connectivity index (χ1) is 9.63. The van der Waals surface area contributed by atoms with Crippen LogP contribution in [0.5, 0.6) is 0 Å². The number of hydrogen-bond donors (Lipinski definition) is 2. The second-order valence-corrected chi connectivity index (χ2v) is 5.55. The molecular formula is C15H13N3OS. The number of aryl methyl sites for hydroxylation is 1. The standard InChI is InChI=1S/C15H13N3OS/c1-9-6-7-10(16)8-11(9)14(19)18-15-17-12-4-2-3-5-13(12)20-15/h2-8H,16H2,1H3,(H,17,18,19). The van der Waals surface area contributed by atoms with E-state index in [0.29, 0.717) is 16.4 Å². The Morgan fingerprint density at radius 1 is 1.25 bits per heavy atom. The predicted molar refractivity (Wildman–Crippen MR) is 83.2 cm³/mol. The second-order valence-electron chi connectivity index (χ2n) is 4.52. The van der Waals surface area contributed by atoms with Gasteiger partial charge >= 0.3 is 0 Å². The van der Waals surface area contributed by atoms with E-state index >= 15 is 0 Å². The summed E-state index contributed by atoms with van der Waals surface area (Å²) < 4.78 is 1.05. The summed E-state index contributed by atoms with van der Waals surface area (Å²) in [4.78, 5) is 16.6. The monoisotopic (exact) mass is 283 g/mol. The van der Waals surface area contributed by atoms with E-state index in [-0.39, 0.29) is 5.91 Å². The van der Waals surface area contributed by atoms with Gasteiger partial charge in [0.1, 0.15) is 0 Å². The molecule has 5 heteroatoms. The van der Waals surface area contributed by atoms with Crippen LogP contribution in [0.3, 0.4) is 0 Å². The van der Waals surface area contributed by atoms with Crippen LogP contribution >= 0.6 is 11.3 Å². The van der Waals surface area contributed by atoms with Crippen molar-refractivity contribution in [1.29, 1.82) is 0 Å². The lowest BCUT2D eigenvalue weighted by Gasteiger charge is -2.06. The molecule has 0 atom stereocenters. The number of aromatic nitrogens is 1. The normalized spacial score (nSPS) is 10.7. The Morgan fingerprint density at radius 2 is 2.05 bits per heavy atom. The van der Waals surface area contributed by atoms with Gasteiger partial charge in [-0.1, -0.05) is 29.5 Å². The molecule has 0 unspecified atom stereocenters. The number of fused-ring (bicyclic) bond motifs is 1. The number of carbonyl (C=O) groups is 1. The molecule has 0 radical (unpaired) electrons. The number of thiazole rings is 1. The van der Waals surface area contributed by atoms with E-state index in [9.17, 15) is 4.79 Å². The van der Waals surface area contributed by atoms with Crippen LogP contribution in [-0.4, -0.2) is 10.9 Å². The second kappa shape index (κ2) is 4.94. The maximum atomic E-state index is 12.3. The highest BCUT2D eigenvalue weighted by molar-refractivity contribution is 7.22. The summed E-state index contributed by atoms with van der Waals surface area (Å²) >= 11 is 1.46. The number of nitrogens with one attached hydrogen (secondary N) is 1. The molecule has 0 fully saturated rings. The minimum Gasteiger partial charge on any atom is -0.399 e. The molecule has 1 amide bonds. The van der Waals surface area contributed by atoms with Crippen LogP contribution in [-0.2, 0) is 0 Å². The Bertz CT molecular complexity index is 762. The van der Waals surface area contributed by atoms with Crippen molar-refractivity contribution in [3.8, 4) is 0 Å². The molecule has 3 aromatic rings. The Hall–Kier alpha value is -2.40. The van der Waals surface area contributed by atoms with Gasteiger partial charge in [0.05, 0.1) is 10.2 Å². The van der Waals surface area contributed by atoms with E-state index in [2.05, 4.69) is 10.3 Å². The summed E-state index contributed by atoms with van der Waals surface area (Å²) in [5, 5.41) is 3.42. The van der Waals surface area contributed by atoms with Crippen LogP contribution in [0.15, 0.2) is 42.5 Å². The summed E-state index contributed by atoms with van der Waals surface area (Å²) in [5.74, 6) is -0.186. The number of nitrogen functional groups attached to an aromatic ring is 1. The third kappa shape index (κ3) is 2.35. The molecule has 0 aliphatic carbocycles. The Morgan fingerprint density at radius 3 is 2.85 bits per heavy atom. The van der Waals surface area contributed by atoms with Crippen molar-refractivity contribution < 1.29 is 4.79 Å². The number of benzene rings is 2. The first kappa shape index (κ1) is 12.6. The van der Waals surface area contributed by atoms with Gasteiger partial charge in [-0.25, -0.2) is 4.98 Å². The van der Waals surface area contributed by atoms with E-state index in [0.717, 1.165) is 15.8 Å². The number of carbonyl (C=O) groups excluding carboxylic acids is 1. The number of nitrogens with two attached hydrogens (primary N) is 1. The van der Waals surface area contributed by atoms with Crippen molar-refractivity contribution in [2.24, 2.45) is 0 Å². The minimum atomic E-state index is -0.186. The van der Waals surface area contributed by atoms with Crippen molar-refractivity contribution in [3.05, 3.63) is 53.6 Å². The zero-order chi connectivity index (χ0) is 14.1. The molecule has 3 N–H and O–H groups in total. The van der Waals surface area contributed by atoms with Crippen molar-refractivity contribution >= 4 is 38.3 Å². The summed E-state index contributed by atoms with van der Waals surface area (Å²) in [6, 6.07) is 13.1. The fourth-order valence-corrected chi connectivity index (χ4v) is 2.84. The molecule has 20 heavy (non-hydrogen) atoms. The topological polar surface area (TPSA) is 68.0 Å². The highest BCUT2D eigenvalue weighted by atomic mass is 32.1. The van der Waals surface area contributed by atoms with Gasteiger partial charge in [-0.05, 0) is 36.8 Å². The number of nitrogens with zero attached hydrogens (tertiary/aromatic N) is 1. The largest absolute Gasteiger partial charge is 0.399 e. The number of rotatable bonds is 2. The summed E-state index contributed by atoms with van der Waals surface area (Å²) in [6.07, 6.45) is 0. The molecule has 1 heterocycles. The fourth-order valence-electron chi connectivity index (χ4n) is 1.97. The molecule has 0 bridgehead atoms. The van der Waals surface area contributed by atoms with Gasteiger partial charge in [-0.15, -0.1) is 0 Å². The molecule has 0 spiro atoms. The van der Waals surface area contributed by atoms with Gasteiger partial charge in [0, 0.05) is 11.3 Å². The minimum absolute atomic E-state index is 0.186. The lowest BCUT2D eigenvalue weighted by atomic mass is 10.1. The van der Waals surface area contributed by atoms with Gasteiger partial charge < -0.3 is 5.73 Å². The highest BCUT2D eigenvalue weighted by Crippen LogP contribution is 2.26. The number of amides is 1. The molecule has 100 valence electrons. The Balaban J connectivity index is 1.90. The van der Waals surface area contributed by atoms with E-state index in [1.54, 1.807) is 12.1 Å². The average molecular weight is 283 g/mol. The van der Waals surface area contributed by atoms with Crippen LogP contribution < -0.4 is 11.1 Å². The van der Waals surface area contributed by atoms with Crippen LogP contribution in [0.1, 0.15) is 15.9 Å². The van der Waals surface area contributed by atoms with Gasteiger partial charge in [-0.3, -0.25) is 10.1 Å². The van der Waals surface area contributed by atoms with E-state index < -0.39 is 0 Å². The molecule has 0 saturated heterocycles. The van der Waals surface area contributed by atoms with E-state index in [1.165, 1.54) is 11.3 Å². The van der Waals surface area contributed by atoms with Gasteiger partial charge in [0.25, 0.3) is 5.91 Å². The molecule has 0 aliphatic rings. The third-order valence-electron chi connectivity index (χ3n) is 3.02. The lowest BCUT2D eigenvalue weighted by Crippen LogP contribution is -2.13. The Kier molecular flexibility index (Phi) is 3.12. The van der Waals surface area contributed by atoms with Crippen LogP contribution in [0.4, 0.5) is 10.8 Å². The van der Waals surface area contributed by atoms with E-state index in [1.807, 2.05) is 37.3 Å². The Labute approximate surface area is 120 Å². The predicted octanol–water partition coefficient (Wildman–Crippen LogP) is 3.44. The van der Waals surface area contributed by atoms with E-state index in [4.69, 9.17) is 5.73 Å². The lowest BCUT2D eigenvalue weighted by molar-refractivity contribution is 0.102. The fraction of sp³-hybridized carbons (Fsp3) is 0.0667. The number of hydrogen-bond acceptors (Lipinski definition) is 4. The molecule has 0 saturated carbocycles. The highest BCUT2D eigenvalue weighted by Gasteiger charge is 2.12. The van der Waals surface area contributed by atoms with Crippen LogP contribution in [0, 0.1) is 6.92 Å². The van der Waals surface area contributed by atoms with Crippen LogP contribution in [0.25, 0.3) is 10.2 Å². The van der Waals surface area contributed by atoms with Crippen molar-refractivity contribution in [3.63, 3.8) is 0 Å². The van der Waals surface area contributed by atoms with Gasteiger partial charge in [0.2, 0.25) is 0 Å². The molecular weight excluding hydrogens is 270 g/mol.